The van der Waals surface area contributed by atoms with Gasteiger partial charge in [-0.05, 0) is 37.8 Å². The van der Waals surface area contributed by atoms with E-state index in [0.717, 1.165) is 12.8 Å². The SMILES string of the molecule is CC(CN)(NC(=O)CCNS(=O)(=O)c1cccnc1)C1CC1.Cl.Cl. The highest BCUT2D eigenvalue weighted by molar-refractivity contribution is 7.89. The van der Waals surface area contributed by atoms with Gasteiger partial charge < -0.3 is 11.1 Å². The third-order valence-corrected chi connectivity index (χ3v) is 5.36. The second kappa shape index (κ2) is 9.53. The molecule has 1 heterocycles. The number of rotatable bonds is 8. The van der Waals surface area contributed by atoms with Crippen LogP contribution < -0.4 is 15.8 Å². The average Bonchev–Trinajstić information content (AvgIpc) is 3.33. The molecule has 0 aliphatic heterocycles. The second-order valence-corrected chi connectivity index (χ2v) is 7.55. The summed E-state index contributed by atoms with van der Waals surface area (Å²) in [7, 11) is -3.63. The van der Waals surface area contributed by atoms with Crippen LogP contribution in [0.25, 0.3) is 0 Å². The zero-order valence-corrected chi connectivity index (χ0v) is 15.8. The van der Waals surface area contributed by atoms with Gasteiger partial charge in [-0.15, -0.1) is 24.8 Å². The fourth-order valence-electron chi connectivity index (χ4n) is 2.31. The van der Waals surface area contributed by atoms with Crippen molar-refractivity contribution in [1.29, 1.82) is 0 Å². The van der Waals surface area contributed by atoms with Crippen molar-refractivity contribution >= 4 is 40.7 Å². The van der Waals surface area contributed by atoms with Gasteiger partial charge in [0.2, 0.25) is 15.9 Å². The Hall–Kier alpha value is -0.930. The van der Waals surface area contributed by atoms with Gasteiger partial charge in [0.15, 0.2) is 0 Å². The number of aromatic nitrogens is 1. The van der Waals surface area contributed by atoms with Crippen molar-refractivity contribution in [3.8, 4) is 0 Å². The van der Waals surface area contributed by atoms with Crippen LogP contribution in [-0.2, 0) is 14.8 Å². The molecule has 1 aromatic heterocycles. The molecule has 1 saturated carbocycles. The molecule has 1 aliphatic carbocycles. The first kappa shape index (κ1) is 23.1. The molecule has 1 aliphatic rings. The van der Waals surface area contributed by atoms with Crippen molar-refractivity contribution in [1.82, 2.24) is 15.0 Å². The summed E-state index contributed by atoms with van der Waals surface area (Å²) in [5.74, 6) is 0.224. The van der Waals surface area contributed by atoms with Crippen LogP contribution in [0.3, 0.4) is 0 Å². The van der Waals surface area contributed by atoms with Gasteiger partial charge in [0.1, 0.15) is 4.90 Å². The first-order valence-electron chi connectivity index (χ1n) is 7.28. The smallest absolute Gasteiger partial charge is 0.242 e. The Labute approximate surface area is 155 Å². The van der Waals surface area contributed by atoms with Crippen molar-refractivity contribution in [2.75, 3.05) is 13.1 Å². The van der Waals surface area contributed by atoms with Crippen LogP contribution in [0.4, 0.5) is 0 Å². The molecule has 138 valence electrons. The van der Waals surface area contributed by atoms with E-state index >= 15 is 0 Å². The van der Waals surface area contributed by atoms with E-state index < -0.39 is 10.0 Å². The molecule has 24 heavy (non-hydrogen) atoms. The molecule has 0 aromatic carbocycles. The van der Waals surface area contributed by atoms with E-state index in [-0.39, 0.29) is 54.1 Å². The first-order chi connectivity index (χ1) is 10.4. The van der Waals surface area contributed by atoms with Gasteiger partial charge in [-0.2, -0.15) is 0 Å². The number of nitrogens with one attached hydrogen (secondary N) is 2. The van der Waals surface area contributed by atoms with Crippen molar-refractivity contribution < 1.29 is 13.2 Å². The zero-order valence-electron chi connectivity index (χ0n) is 13.4. The third-order valence-electron chi connectivity index (χ3n) is 3.92. The highest BCUT2D eigenvalue weighted by atomic mass is 35.5. The molecule has 0 bridgehead atoms. The van der Waals surface area contributed by atoms with E-state index in [1.165, 1.54) is 18.5 Å². The molecule has 1 atom stereocenters. The number of sulfonamides is 1. The average molecular weight is 399 g/mol. The van der Waals surface area contributed by atoms with Crippen molar-refractivity contribution in [3.63, 3.8) is 0 Å². The second-order valence-electron chi connectivity index (χ2n) is 5.78. The topological polar surface area (TPSA) is 114 Å². The van der Waals surface area contributed by atoms with Crippen LogP contribution in [-0.4, -0.2) is 37.9 Å². The predicted molar refractivity (Wildman–Crippen MR) is 96.9 cm³/mol. The summed E-state index contributed by atoms with van der Waals surface area (Å²) in [6.07, 6.45) is 4.98. The van der Waals surface area contributed by atoms with Crippen LogP contribution in [0.2, 0.25) is 0 Å². The molecular formula is C14H24Cl2N4O3S. The highest BCUT2D eigenvalue weighted by Gasteiger charge is 2.41. The lowest BCUT2D eigenvalue weighted by Crippen LogP contribution is -2.53. The fraction of sp³-hybridized carbons (Fsp3) is 0.571. The maximum absolute atomic E-state index is 12.0. The third kappa shape index (κ3) is 6.18. The molecule has 1 aromatic rings. The van der Waals surface area contributed by atoms with Gasteiger partial charge in [0.25, 0.3) is 0 Å². The van der Waals surface area contributed by atoms with Crippen LogP contribution >= 0.6 is 24.8 Å². The molecule has 10 heteroatoms. The van der Waals surface area contributed by atoms with Gasteiger partial charge in [0, 0.05) is 31.9 Å². The van der Waals surface area contributed by atoms with E-state index in [1.54, 1.807) is 6.07 Å². The Morgan fingerprint density at radius 1 is 1.42 bits per heavy atom. The molecule has 1 amide bonds. The number of carbonyl (C=O) groups excluding carboxylic acids is 1. The van der Waals surface area contributed by atoms with Crippen molar-refractivity contribution in [3.05, 3.63) is 24.5 Å². The fourth-order valence-corrected chi connectivity index (χ4v) is 3.30. The summed E-state index contributed by atoms with van der Waals surface area (Å²) >= 11 is 0. The standard InChI is InChI=1S/C14H22N4O3S.2ClH/c1-14(10-15,11-4-5-11)18-13(19)6-8-17-22(20,21)12-3-2-7-16-9-12;;/h2-3,7,9,11,17H,4-6,8,10,15H2,1H3,(H,18,19);2*1H. The lowest BCUT2D eigenvalue weighted by molar-refractivity contribution is -0.122. The maximum atomic E-state index is 12.0. The van der Waals surface area contributed by atoms with E-state index in [0.29, 0.717) is 12.5 Å². The number of amides is 1. The molecule has 4 N–H and O–H groups in total. The van der Waals surface area contributed by atoms with Crippen molar-refractivity contribution in [2.45, 2.75) is 36.6 Å². The number of pyridine rings is 1. The largest absolute Gasteiger partial charge is 0.349 e. The monoisotopic (exact) mass is 398 g/mol. The van der Waals surface area contributed by atoms with Crippen LogP contribution in [0, 0.1) is 5.92 Å². The zero-order chi connectivity index (χ0) is 16.2. The molecule has 7 nitrogen and oxygen atoms in total. The maximum Gasteiger partial charge on any atom is 0.242 e. The van der Waals surface area contributed by atoms with Crippen LogP contribution in [0.5, 0.6) is 0 Å². The number of nitrogens with two attached hydrogens (primary N) is 1. The number of nitrogens with zero attached hydrogens (tertiary/aromatic N) is 1. The summed E-state index contributed by atoms with van der Waals surface area (Å²) in [4.78, 5) is 15.8. The molecule has 0 saturated heterocycles. The number of halogens is 2. The summed E-state index contributed by atoms with van der Waals surface area (Å²) in [6, 6.07) is 3.00. The normalized spacial score (nSPS) is 16.2. The Morgan fingerprint density at radius 2 is 2.08 bits per heavy atom. The minimum Gasteiger partial charge on any atom is -0.349 e. The van der Waals surface area contributed by atoms with E-state index in [2.05, 4.69) is 15.0 Å². The van der Waals surface area contributed by atoms with E-state index in [1.807, 2.05) is 6.92 Å². The number of hydrogen-bond donors (Lipinski definition) is 3. The number of hydrogen-bond acceptors (Lipinski definition) is 5. The summed E-state index contributed by atoms with van der Waals surface area (Å²) in [6.45, 7) is 2.35. The highest BCUT2D eigenvalue weighted by Crippen LogP contribution is 2.38. The van der Waals surface area contributed by atoms with Gasteiger partial charge in [0.05, 0.1) is 5.54 Å². The molecule has 1 fully saturated rings. The quantitative estimate of drug-likeness (QED) is 0.599. The van der Waals surface area contributed by atoms with Crippen LogP contribution in [0.15, 0.2) is 29.4 Å². The lowest BCUT2D eigenvalue weighted by Gasteiger charge is -2.29. The summed E-state index contributed by atoms with van der Waals surface area (Å²) < 4.78 is 26.3. The van der Waals surface area contributed by atoms with E-state index in [9.17, 15) is 13.2 Å². The van der Waals surface area contributed by atoms with Gasteiger partial charge in [-0.1, -0.05) is 0 Å². The minimum atomic E-state index is -3.63. The number of carbonyl (C=O) groups is 1. The summed E-state index contributed by atoms with van der Waals surface area (Å²) in [5.41, 5.74) is 5.35. The Balaban J connectivity index is 0.00000264. The Morgan fingerprint density at radius 3 is 2.58 bits per heavy atom. The molecule has 0 radical (unpaired) electrons. The lowest BCUT2D eigenvalue weighted by atomic mass is 9.96. The van der Waals surface area contributed by atoms with Gasteiger partial charge >= 0.3 is 0 Å². The predicted octanol–water partition coefficient (Wildman–Crippen LogP) is 0.837. The Bertz CT molecular complexity index is 626. The van der Waals surface area contributed by atoms with E-state index in [4.69, 9.17) is 5.73 Å². The van der Waals surface area contributed by atoms with Crippen LogP contribution in [0.1, 0.15) is 26.2 Å². The summed E-state index contributed by atoms with van der Waals surface area (Å²) in [5, 5.41) is 2.92. The molecular weight excluding hydrogens is 375 g/mol. The van der Waals surface area contributed by atoms with Crippen molar-refractivity contribution in [2.24, 2.45) is 11.7 Å². The molecule has 2 rings (SSSR count). The van der Waals surface area contributed by atoms with Gasteiger partial charge in [-0.3, -0.25) is 9.78 Å². The first-order valence-corrected chi connectivity index (χ1v) is 8.76. The Kier molecular flexibility index (Phi) is 9.16. The molecule has 0 spiro atoms. The van der Waals surface area contributed by atoms with Gasteiger partial charge in [-0.25, -0.2) is 13.1 Å². The minimum absolute atomic E-state index is 0. The molecule has 1 unspecified atom stereocenters.